The summed E-state index contributed by atoms with van der Waals surface area (Å²) < 4.78 is 73.0. The smallest absolute Gasteiger partial charge is 0.416 e. The lowest BCUT2D eigenvalue weighted by molar-refractivity contribution is -0.137. The largest absolute Gasteiger partial charge is 0.444 e. The van der Waals surface area contributed by atoms with Gasteiger partial charge in [-0.15, -0.1) is 0 Å². The molecule has 0 bridgehead atoms. The van der Waals surface area contributed by atoms with Gasteiger partial charge in [0.25, 0.3) is 10.0 Å². The Hall–Kier alpha value is -3.91. The molecule has 0 radical (unpaired) electrons. The number of rotatable bonds is 10. The van der Waals surface area contributed by atoms with Gasteiger partial charge in [-0.2, -0.15) is 13.2 Å². The average Bonchev–Trinajstić information content (AvgIpc) is 2.96. The maximum absolute atomic E-state index is 13.1. The Balaban J connectivity index is 1.52. The number of ether oxygens (including phenoxy) is 1. The van der Waals surface area contributed by atoms with Gasteiger partial charge in [0, 0.05) is 18.5 Å². The zero-order valence-corrected chi connectivity index (χ0v) is 26.3. The third kappa shape index (κ3) is 9.79. The number of sulfonamides is 1. The third-order valence-corrected chi connectivity index (χ3v) is 8.43. The summed E-state index contributed by atoms with van der Waals surface area (Å²) in [4.78, 5) is 33.7. The van der Waals surface area contributed by atoms with E-state index in [9.17, 15) is 31.2 Å². The Morgan fingerprint density at radius 2 is 1.67 bits per heavy atom. The molecule has 14 heteroatoms. The molecule has 2 heterocycles. The molecule has 0 atom stereocenters. The van der Waals surface area contributed by atoms with Crippen LogP contribution in [0.3, 0.4) is 0 Å². The van der Waals surface area contributed by atoms with Crippen molar-refractivity contribution in [2.24, 2.45) is 0 Å². The first-order valence-electron chi connectivity index (χ1n) is 14.7. The Morgan fingerprint density at radius 1 is 0.978 bits per heavy atom. The molecule has 1 aliphatic rings. The molecule has 1 aliphatic heterocycles. The number of carbonyl (C=O) groups is 2. The van der Waals surface area contributed by atoms with Gasteiger partial charge < -0.3 is 15.0 Å². The Bertz CT molecular complexity index is 1600. The number of carbonyl (C=O) groups excluding carboxylic acids is 2. The van der Waals surface area contributed by atoms with Crippen LogP contribution in [0.25, 0.3) is 10.9 Å². The number of nitrogens with zero attached hydrogens (tertiary/aromatic N) is 3. The number of benzene rings is 2. The van der Waals surface area contributed by atoms with E-state index in [1.807, 2.05) is 0 Å². The molecular formula is C31H38F3N5O5S. The number of para-hydroxylation sites is 1. The van der Waals surface area contributed by atoms with Gasteiger partial charge >= 0.3 is 12.3 Å². The van der Waals surface area contributed by atoms with Crippen LogP contribution in [0.4, 0.5) is 23.7 Å². The van der Waals surface area contributed by atoms with Crippen molar-refractivity contribution in [2.75, 3.05) is 37.4 Å². The van der Waals surface area contributed by atoms with Gasteiger partial charge in [0.2, 0.25) is 5.91 Å². The minimum atomic E-state index is -4.60. The summed E-state index contributed by atoms with van der Waals surface area (Å²) in [6.45, 7) is 7.90. The van der Waals surface area contributed by atoms with Crippen LogP contribution >= 0.6 is 0 Å². The molecule has 0 spiro atoms. The molecule has 2 aromatic carbocycles. The zero-order chi connectivity index (χ0) is 32.8. The molecule has 2 N–H and O–H groups in total. The fraction of sp³-hybridized carbons (Fsp3) is 0.452. The van der Waals surface area contributed by atoms with Crippen LogP contribution in [0.2, 0.25) is 0 Å². The second-order valence-electron chi connectivity index (χ2n) is 11.9. The fourth-order valence-electron chi connectivity index (χ4n) is 4.86. The van der Waals surface area contributed by atoms with Crippen LogP contribution in [0.5, 0.6) is 0 Å². The number of halogens is 3. The van der Waals surface area contributed by atoms with Gasteiger partial charge in [0.1, 0.15) is 12.1 Å². The molecule has 0 saturated carbocycles. The number of alkyl halides is 3. The summed E-state index contributed by atoms with van der Waals surface area (Å²) in [5.74, 6) is -0.358. The minimum Gasteiger partial charge on any atom is -0.444 e. The zero-order valence-electron chi connectivity index (χ0n) is 25.5. The first-order valence-corrected chi connectivity index (χ1v) is 16.1. The number of aromatic nitrogens is 1. The van der Waals surface area contributed by atoms with Crippen molar-refractivity contribution in [2.45, 2.75) is 63.3 Å². The molecule has 0 unspecified atom stereocenters. The first kappa shape index (κ1) is 34.0. The highest BCUT2D eigenvalue weighted by Crippen LogP contribution is 2.31. The summed E-state index contributed by atoms with van der Waals surface area (Å²) in [7, 11) is -4.27. The molecule has 1 fully saturated rings. The maximum atomic E-state index is 13.1. The second-order valence-corrected chi connectivity index (χ2v) is 13.6. The van der Waals surface area contributed by atoms with Gasteiger partial charge in [-0.05, 0) is 83.1 Å². The van der Waals surface area contributed by atoms with Gasteiger partial charge in [0.15, 0.2) is 0 Å². The number of piperidine rings is 1. The van der Waals surface area contributed by atoms with Gasteiger partial charge in [-0.3, -0.25) is 14.4 Å². The normalized spacial score (nSPS) is 14.6. The molecule has 10 nitrogen and oxygen atoms in total. The number of anilines is 1. The van der Waals surface area contributed by atoms with Crippen molar-refractivity contribution in [3.8, 4) is 0 Å². The SMILES string of the molecule is CC(C)(C)OC(=O)N(CC(=O)NCCN1CCCCC1)Cc1ccc2cccc(NS(=O)(=O)c3ccc(C(F)(F)F)cc3)c2n1. The monoisotopic (exact) mass is 649 g/mol. The number of likely N-dealkylation sites (tertiary alicyclic amines) is 1. The van der Waals surface area contributed by atoms with Crippen LogP contribution in [-0.4, -0.2) is 73.5 Å². The van der Waals surface area contributed by atoms with Crippen molar-refractivity contribution in [3.63, 3.8) is 0 Å². The molecular weight excluding hydrogens is 611 g/mol. The molecule has 1 aromatic heterocycles. The topological polar surface area (TPSA) is 121 Å². The van der Waals surface area contributed by atoms with Crippen molar-refractivity contribution in [1.82, 2.24) is 20.1 Å². The van der Waals surface area contributed by atoms with E-state index in [0.717, 1.165) is 44.6 Å². The Labute approximate surface area is 261 Å². The van der Waals surface area contributed by atoms with E-state index < -0.39 is 33.5 Å². The highest BCUT2D eigenvalue weighted by atomic mass is 32.2. The standard InChI is InChI=1S/C31H38F3N5O5S/c1-30(2,3)44-29(41)39(21-27(40)35-16-19-38-17-5-4-6-18-38)20-24-13-10-22-8-7-9-26(28(22)36-24)37-45(42,43)25-14-11-23(12-15-25)31(32,33)34/h7-15,37H,4-6,16-21H2,1-3H3,(H,35,40). The van der Waals surface area contributed by atoms with E-state index in [-0.39, 0.29) is 35.1 Å². The van der Waals surface area contributed by atoms with Crippen molar-refractivity contribution in [1.29, 1.82) is 0 Å². The van der Waals surface area contributed by atoms with E-state index in [2.05, 4.69) is 19.9 Å². The van der Waals surface area contributed by atoms with Crippen LogP contribution < -0.4 is 10.0 Å². The Kier molecular flexibility index (Phi) is 10.6. The molecule has 3 aromatic rings. The lowest BCUT2D eigenvalue weighted by atomic mass is 10.1. The average molecular weight is 650 g/mol. The molecule has 244 valence electrons. The quantitative estimate of drug-likeness (QED) is 0.302. The van der Waals surface area contributed by atoms with E-state index >= 15 is 0 Å². The summed E-state index contributed by atoms with van der Waals surface area (Å²) in [6, 6.07) is 11.3. The number of pyridine rings is 1. The second kappa shape index (κ2) is 14.0. The van der Waals surface area contributed by atoms with Crippen molar-refractivity contribution >= 4 is 38.6 Å². The predicted molar refractivity (Wildman–Crippen MR) is 164 cm³/mol. The summed E-state index contributed by atoms with van der Waals surface area (Å²) in [6.07, 6.45) is -1.84. The Morgan fingerprint density at radius 3 is 2.31 bits per heavy atom. The summed E-state index contributed by atoms with van der Waals surface area (Å²) >= 11 is 0. The highest BCUT2D eigenvalue weighted by molar-refractivity contribution is 7.92. The number of hydrogen-bond acceptors (Lipinski definition) is 7. The van der Waals surface area contributed by atoms with Gasteiger partial charge in [-0.25, -0.2) is 18.2 Å². The molecule has 2 amide bonds. The van der Waals surface area contributed by atoms with Crippen LogP contribution in [0.15, 0.2) is 59.5 Å². The molecule has 4 rings (SSSR count). The number of hydrogen-bond donors (Lipinski definition) is 2. The van der Waals surface area contributed by atoms with E-state index in [0.29, 0.717) is 29.8 Å². The predicted octanol–water partition coefficient (Wildman–Crippen LogP) is 5.39. The van der Waals surface area contributed by atoms with Crippen LogP contribution in [0, 0.1) is 0 Å². The number of amides is 2. The van der Waals surface area contributed by atoms with Crippen LogP contribution in [-0.2, 0) is 32.3 Å². The molecule has 45 heavy (non-hydrogen) atoms. The molecule has 1 saturated heterocycles. The summed E-state index contributed by atoms with van der Waals surface area (Å²) in [5, 5.41) is 3.44. The number of nitrogens with one attached hydrogen (secondary N) is 2. The molecule has 0 aliphatic carbocycles. The van der Waals surface area contributed by atoms with Crippen molar-refractivity contribution < 1.29 is 35.9 Å². The van der Waals surface area contributed by atoms with Gasteiger partial charge in [0.05, 0.1) is 33.9 Å². The lowest BCUT2D eigenvalue weighted by Gasteiger charge is -2.28. The van der Waals surface area contributed by atoms with Gasteiger partial charge in [-0.1, -0.05) is 24.6 Å². The first-order chi connectivity index (χ1) is 21.1. The number of fused-ring (bicyclic) bond motifs is 1. The van der Waals surface area contributed by atoms with E-state index in [1.54, 1.807) is 45.0 Å². The van der Waals surface area contributed by atoms with Crippen molar-refractivity contribution in [3.05, 3.63) is 65.9 Å². The lowest BCUT2D eigenvalue weighted by Crippen LogP contribution is -2.44. The van der Waals surface area contributed by atoms with E-state index in [1.165, 1.54) is 17.4 Å². The highest BCUT2D eigenvalue weighted by Gasteiger charge is 2.31. The minimum absolute atomic E-state index is 0.0912. The third-order valence-electron chi connectivity index (χ3n) is 7.05. The summed E-state index contributed by atoms with van der Waals surface area (Å²) in [5.41, 5.74) is -1.09. The van der Waals surface area contributed by atoms with Crippen LogP contribution in [0.1, 0.15) is 51.3 Å². The fourth-order valence-corrected chi connectivity index (χ4v) is 5.92. The maximum Gasteiger partial charge on any atom is 0.416 e. The van der Waals surface area contributed by atoms with E-state index in [4.69, 9.17) is 4.74 Å².